The molecule has 0 aromatic heterocycles. The number of aryl methyl sites for hydroxylation is 1. The van der Waals surface area contributed by atoms with Gasteiger partial charge in [-0.1, -0.05) is 23.7 Å². The van der Waals surface area contributed by atoms with Crippen LogP contribution in [0.25, 0.3) is 0 Å². The van der Waals surface area contributed by atoms with Gasteiger partial charge in [-0.15, -0.1) is 0 Å². The topological polar surface area (TPSA) is 93.7 Å². The van der Waals surface area contributed by atoms with Crippen LogP contribution in [0.5, 0.6) is 11.5 Å². The van der Waals surface area contributed by atoms with E-state index in [9.17, 15) is 13.2 Å². The van der Waals surface area contributed by atoms with Crippen LogP contribution in [0.15, 0.2) is 71.6 Å². The number of hydrogen-bond donors (Lipinski definition) is 2. The second-order valence-corrected chi connectivity index (χ2v) is 9.11. The molecular weight excluding hydrogens is 452 g/mol. The molecule has 0 saturated carbocycles. The molecule has 0 saturated heterocycles. The van der Waals surface area contributed by atoms with Gasteiger partial charge in [-0.05, 0) is 67.9 Å². The first-order chi connectivity index (χ1) is 15.2. The van der Waals surface area contributed by atoms with E-state index < -0.39 is 16.1 Å². The Morgan fingerprint density at radius 1 is 0.969 bits per heavy atom. The largest absolute Gasteiger partial charge is 0.497 e. The minimum absolute atomic E-state index is 0.0490. The third-order valence-corrected chi connectivity index (χ3v) is 6.38. The van der Waals surface area contributed by atoms with Crippen molar-refractivity contribution in [2.75, 3.05) is 17.1 Å². The first-order valence-electron chi connectivity index (χ1n) is 9.68. The van der Waals surface area contributed by atoms with Gasteiger partial charge in [0.25, 0.3) is 15.9 Å². The van der Waals surface area contributed by atoms with Gasteiger partial charge in [0.1, 0.15) is 11.5 Å². The van der Waals surface area contributed by atoms with Crippen LogP contribution in [0.3, 0.4) is 0 Å². The van der Waals surface area contributed by atoms with Crippen molar-refractivity contribution < 1.29 is 22.7 Å². The van der Waals surface area contributed by atoms with Crippen molar-refractivity contribution >= 4 is 38.9 Å². The number of rotatable bonds is 8. The fourth-order valence-electron chi connectivity index (χ4n) is 2.76. The van der Waals surface area contributed by atoms with Gasteiger partial charge in [-0.25, -0.2) is 8.42 Å². The number of halogens is 1. The number of methoxy groups -OCH3 is 1. The zero-order valence-electron chi connectivity index (χ0n) is 17.8. The summed E-state index contributed by atoms with van der Waals surface area (Å²) in [6.45, 7) is 3.44. The van der Waals surface area contributed by atoms with Gasteiger partial charge >= 0.3 is 0 Å². The Kier molecular flexibility index (Phi) is 7.27. The van der Waals surface area contributed by atoms with E-state index in [1.165, 1.54) is 24.3 Å². The van der Waals surface area contributed by atoms with E-state index in [4.69, 9.17) is 21.1 Å². The molecule has 7 nitrogen and oxygen atoms in total. The highest BCUT2D eigenvalue weighted by molar-refractivity contribution is 7.92. The zero-order valence-corrected chi connectivity index (χ0v) is 19.3. The van der Waals surface area contributed by atoms with Crippen molar-refractivity contribution in [3.05, 3.63) is 77.3 Å². The SMILES string of the molecule is COc1cccc(O[C@H](C)C(=O)Nc2ccc(S(=O)(=O)Nc3ccc(C)c(Cl)c3)cc2)c1. The first kappa shape index (κ1) is 23.4. The fourth-order valence-corrected chi connectivity index (χ4v) is 3.99. The van der Waals surface area contributed by atoms with Gasteiger partial charge in [0, 0.05) is 16.8 Å². The molecule has 0 aliphatic heterocycles. The van der Waals surface area contributed by atoms with Crippen LogP contribution in [-0.4, -0.2) is 27.5 Å². The van der Waals surface area contributed by atoms with E-state index in [1.807, 2.05) is 6.92 Å². The maximum absolute atomic E-state index is 12.6. The molecule has 1 amide bonds. The summed E-state index contributed by atoms with van der Waals surface area (Å²) in [4.78, 5) is 12.5. The minimum atomic E-state index is -3.81. The highest BCUT2D eigenvalue weighted by atomic mass is 35.5. The quantitative estimate of drug-likeness (QED) is 0.486. The van der Waals surface area contributed by atoms with Crippen LogP contribution in [0.4, 0.5) is 11.4 Å². The van der Waals surface area contributed by atoms with Crippen molar-refractivity contribution in [3.63, 3.8) is 0 Å². The van der Waals surface area contributed by atoms with Gasteiger partial charge in [0.2, 0.25) is 0 Å². The summed E-state index contributed by atoms with van der Waals surface area (Å²) in [5, 5.41) is 3.17. The number of ether oxygens (including phenoxy) is 2. The van der Waals surface area contributed by atoms with Gasteiger partial charge in [0.15, 0.2) is 6.10 Å². The summed E-state index contributed by atoms with van der Waals surface area (Å²) in [5.41, 5.74) is 1.65. The Labute approximate surface area is 192 Å². The summed E-state index contributed by atoms with van der Waals surface area (Å²) in [5.74, 6) is 0.736. The Morgan fingerprint density at radius 2 is 1.62 bits per heavy atom. The van der Waals surface area contributed by atoms with Crippen LogP contribution in [0.1, 0.15) is 12.5 Å². The lowest BCUT2D eigenvalue weighted by atomic mass is 10.2. The molecule has 0 radical (unpaired) electrons. The van der Waals surface area contributed by atoms with E-state index in [0.29, 0.717) is 27.9 Å². The molecule has 0 spiro atoms. The number of sulfonamides is 1. The van der Waals surface area contributed by atoms with Crippen molar-refractivity contribution in [2.45, 2.75) is 24.8 Å². The molecule has 168 valence electrons. The zero-order chi connectivity index (χ0) is 23.3. The lowest BCUT2D eigenvalue weighted by Gasteiger charge is -2.15. The molecule has 3 aromatic rings. The molecule has 9 heteroatoms. The summed E-state index contributed by atoms with van der Waals surface area (Å²) < 4.78 is 38.5. The maximum Gasteiger partial charge on any atom is 0.265 e. The average Bonchev–Trinajstić information content (AvgIpc) is 2.76. The Bertz CT molecular complexity index is 1210. The van der Waals surface area contributed by atoms with E-state index in [2.05, 4.69) is 10.0 Å². The van der Waals surface area contributed by atoms with Gasteiger partial charge in [-0.2, -0.15) is 0 Å². The summed E-state index contributed by atoms with van der Waals surface area (Å²) in [6, 6.07) is 17.7. The lowest BCUT2D eigenvalue weighted by molar-refractivity contribution is -0.122. The Morgan fingerprint density at radius 3 is 2.28 bits per heavy atom. The second kappa shape index (κ2) is 9.93. The second-order valence-electron chi connectivity index (χ2n) is 7.02. The van der Waals surface area contributed by atoms with E-state index in [-0.39, 0.29) is 10.8 Å². The van der Waals surface area contributed by atoms with Crippen LogP contribution >= 0.6 is 11.6 Å². The third-order valence-electron chi connectivity index (χ3n) is 4.58. The van der Waals surface area contributed by atoms with Crippen molar-refractivity contribution in [2.24, 2.45) is 0 Å². The summed E-state index contributed by atoms with van der Waals surface area (Å²) >= 11 is 6.06. The van der Waals surface area contributed by atoms with Crippen LogP contribution in [0.2, 0.25) is 5.02 Å². The van der Waals surface area contributed by atoms with Gasteiger partial charge in [-0.3, -0.25) is 9.52 Å². The molecule has 0 aliphatic rings. The number of hydrogen-bond acceptors (Lipinski definition) is 5. The van der Waals surface area contributed by atoms with Crippen molar-refractivity contribution in [1.29, 1.82) is 0 Å². The number of nitrogens with one attached hydrogen (secondary N) is 2. The summed E-state index contributed by atoms with van der Waals surface area (Å²) in [6.07, 6.45) is -0.779. The molecule has 0 aliphatic carbocycles. The summed E-state index contributed by atoms with van der Waals surface area (Å²) in [7, 11) is -2.26. The van der Waals surface area contributed by atoms with Gasteiger partial charge < -0.3 is 14.8 Å². The number of anilines is 2. The Balaban J connectivity index is 1.64. The molecule has 3 aromatic carbocycles. The van der Waals surface area contributed by atoms with Crippen LogP contribution < -0.4 is 19.5 Å². The average molecular weight is 475 g/mol. The molecule has 0 bridgehead atoms. The van der Waals surface area contributed by atoms with Crippen molar-refractivity contribution in [3.8, 4) is 11.5 Å². The molecule has 0 heterocycles. The predicted octanol–water partition coefficient (Wildman–Crippen LogP) is 4.86. The highest BCUT2D eigenvalue weighted by Gasteiger charge is 2.17. The number of carbonyl (C=O) groups excluding carboxylic acids is 1. The predicted molar refractivity (Wildman–Crippen MR) is 125 cm³/mol. The molecular formula is C23H23ClN2O5S. The Hall–Kier alpha value is -3.23. The van der Waals surface area contributed by atoms with Crippen LogP contribution in [-0.2, 0) is 14.8 Å². The van der Waals surface area contributed by atoms with Gasteiger partial charge in [0.05, 0.1) is 17.7 Å². The molecule has 32 heavy (non-hydrogen) atoms. The van der Waals surface area contributed by atoms with E-state index in [1.54, 1.807) is 56.5 Å². The van der Waals surface area contributed by atoms with E-state index >= 15 is 0 Å². The first-order valence-corrected chi connectivity index (χ1v) is 11.5. The van der Waals surface area contributed by atoms with E-state index in [0.717, 1.165) is 5.56 Å². The van der Waals surface area contributed by atoms with Crippen LogP contribution in [0, 0.1) is 6.92 Å². The fraction of sp³-hybridized carbons (Fsp3) is 0.174. The number of amides is 1. The molecule has 2 N–H and O–H groups in total. The van der Waals surface area contributed by atoms with Crippen molar-refractivity contribution in [1.82, 2.24) is 0 Å². The molecule has 0 unspecified atom stereocenters. The normalized spacial score (nSPS) is 12.0. The maximum atomic E-state index is 12.6. The number of carbonyl (C=O) groups is 1. The highest BCUT2D eigenvalue weighted by Crippen LogP contribution is 2.24. The third kappa shape index (κ3) is 5.93. The smallest absolute Gasteiger partial charge is 0.265 e. The molecule has 0 fully saturated rings. The lowest BCUT2D eigenvalue weighted by Crippen LogP contribution is -2.30. The molecule has 1 atom stereocenters. The monoisotopic (exact) mass is 474 g/mol. The standard InChI is InChI=1S/C23H23ClN2O5S/c1-15-7-8-18(13-22(15)24)26-32(28,29)21-11-9-17(10-12-21)25-23(27)16(2)31-20-6-4-5-19(14-20)30-3/h4-14,16,26H,1-3H3,(H,25,27)/t16-/m1/s1. The molecule has 3 rings (SSSR count). The minimum Gasteiger partial charge on any atom is -0.497 e. The number of benzene rings is 3.